The van der Waals surface area contributed by atoms with Gasteiger partial charge >= 0.3 is 0 Å². The third kappa shape index (κ3) is 17.5. The van der Waals surface area contributed by atoms with E-state index in [1.54, 1.807) is 0 Å². The zero-order valence-corrected chi connectivity index (χ0v) is 15.2. The predicted octanol–water partition coefficient (Wildman–Crippen LogP) is 6.96. The van der Waals surface area contributed by atoms with Crippen LogP contribution in [-0.4, -0.2) is 11.2 Å². The van der Waals surface area contributed by atoms with Crippen LogP contribution in [0, 0.1) is 0 Å². The van der Waals surface area contributed by atoms with Crippen molar-refractivity contribution in [2.45, 2.75) is 110 Å². The molecule has 0 aliphatic heterocycles. The van der Waals surface area contributed by atoms with Gasteiger partial charge in [-0.25, -0.2) is 0 Å². The lowest BCUT2D eigenvalue weighted by Crippen LogP contribution is -2.04. The average Bonchev–Trinajstić information content (AvgIpc) is 2.52. The van der Waals surface area contributed by atoms with Crippen LogP contribution >= 0.6 is 0 Å². The van der Waals surface area contributed by atoms with E-state index in [1.165, 1.54) is 77.0 Å². The zero-order valence-electron chi connectivity index (χ0n) is 15.2. The lowest BCUT2D eigenvalue weighted by molar-refractivity contribution is 0.163. The molecule has 1 unspecified atom stereocenters. The quantitative estimate of drug-likeness (QED) is 0.241. The Morgan fingerprint density at radius 1 is 0.682 bits per heavy atom. The van der Waals surface area contributed by atoms with Gasteiger partial charge in [0.25, 0.3) is 0 Å². The first-order chi connectivity index (χ1) is 10.8. The van der Waals surface area contributed by atoms with Crippen molar-refractivity contribution in [1.82, 2.24) is 0 Å². The lowest BCUT2D eigenvalue weighted by Gasteiger charge is -2.07. The summed E-state index contributed by atoms with van der Waals surface area (Å²) in [5.74, 6) is 0. The van der Waals surface area contributed by atoms with Gasteiger partial charge in [-0.3, -0.25) is 0 Å². The summed E-state index contributed by atoms with van der Waals surface area (Å²) in [5, 5.41) is 9.92. The molecule has 0 heterocycles. The highest BCUT2D eigenvalue weighted by Gasteiger charge is 2.00. The fourth-order valence-corrected chi connectivity index (χ4v) is 2.63. The fourth-order valence-electron chi connectivity index (χ4n) is 2.63. The van der Waals surface area contributed by atoms with Crippen molar-refractivity contribution in [2.24, 2.45) is 0 Å². The van der Waals surface area contributed by atoms with Gasteiger partial charge in [0.1, 0.15) is 0 Å². The second-order valence-electron chi connectivity index (χ2n) is 6.51. The lowest BCUT2D eigenvalue weighted by atomic mass is 10.0. The Morgan fingerprint density at radius 2 is 1.23 bits per heavy atom. The van der Waals surface area contributed by atoms with E-state index in [0.29, 0.717) is 0 Å². The molecule has 0 bridgehead atoms. The van der Waals surface area contributed by atoms with Gasteiger partial charge in [0.2, 0.25) is 0 Å². The second kappa shape index (κ2) is 18.5. The summed E-state index contributed by atoms with van der Waals surface area (Å²) in [4.78, 5) is 0. The van der Waals surface area contributed by atoms with Gasteiger partial charge < -0.3 is 5.11 Å². The van der Waals surface area contributed by atoms with Crippen LogP contribution in [0.5, 0.6) is 0 Å². The van der Waals surface area contributed by atoms with E-state index in [9.17, 15) is 5.11 Å². The minimum atomic E-state index is -0.148. The first kappa shape index (κ1) is 21.4. The molecule has 0 aromatic heterocycles. The van der Waals surface area contributed by atoms with Crippen molar-refractivity contribution in [3.05, 3.63) is 24.3 Å². The molecule has 0 aromatic carbocycles. The Hall–Kier alpha value is -0.560. The molecule has 1 atom stereocenters. The predicted molar refractivity (Wildman–Crippen MR) is 100 cm³/mol. The van der Waals surface area contributed by atoms with Crippen LogP contribution < -0.4 is 0 Å². The Bertz CT molecular complexity index is 255. The van der Waals surface area contributed by atoms with Gasteiger partial charge in [0.05, 0.1) is 6.10 Å². The maximum atomic E-state index is 9.92. The van der Waals surface area contributed by atoms with E-state index in [4.69, 9.17) is 0 Å². The Morgan fingerprint density at radius 3 is 1.91 bits per heavy atom. The molecule has 22 heavy (non-hydrogen) atoms. The summed E-state index contributed by atoms with van der Waals surface area (Å²) < 4.78 is 0. The third-order valence-electron chi connectivity index (χ3n) is 4.16. The largest absolute Gasteiger partial charge is 0.393 e. The van der Waals surface area contributed by atoms with Gasteiger partial charge in [0.15, 0.2) is 0 Å². The number of allylic oxidation sites excluding steroid dienone is 3. The van der Waals surface area contributed by atoms with Crippen LogP contribution in [0.1, 0.15) is 104 Å². The molecule has 0 saturated heterocycles. The molecule has 0 aromatic rings. The Kier molecular flexibility index (Phi) is 18.0. The smallest absolute Gasteiger partial charge is 0.0574 e. The number of hydrogen-bond donors (Lipinski definition) is 1. The standard InChI is InChI=1S/C21H40O/c1-3-5-7-9-11-13-15-17-19-21(22)20-18-16-14-12-10-8-6-4-2/h11,13,15,17,21-22H,3-10,12,14,16,18-20H2,1-2H3/b13-11-,17-15-. The maximum absolute atomic E-state index is 9.92. The summed E-state index contributed by atoms with van der Waals surface area (Å²) in [6.07, 6.45) is 25.9. The van der Waals surface area contributed by atoms with Crippen LogP contribution in [0.3, 0.4) is 0 Å². The summed E-state index contributed by atoms with van der Waals surface area (Å²) in [6.45, 7) is 4.50. The Labute approximate surface area is 139 Å². The molecule has 0 aliphatic rings. The summed E-state index contributed by atoms with van der Waals surface area (Å²) in [5.41, 5.74) is 0. The highest BCUT2D eigenvalue weighted by molar-refractivity contribution is 5.02. The molecular weight excluding hydrogens is 268 g/mol. The van der Waals surface area contributed by atoms with E-state index in [2.05, 4.69) is 38.2 Å². The molecular formula is C21H40O. The fraction of sp³-hybridized carbons (Fsp3) is 0.810. The number of hydrogen-bond acceptors (Lipinski definition) is 1. The highest BCUT2D eigenvalue weighted by Crippen LogP contribution is 2.12. The normalized spacial score (nSPS) is 13.4. The SMILES string of the molecule is CCCCC/C=C\C=C/CC(O)CCCCCCCCCC. The molecule has 1 N–H and O–H groups in total. The summed E-state index contributed by atoms with van der Waals surface area (Å²) >= 11 is 0. The molecule has 1 heteroatoms. The third-order valence-corrected chi connectivity index (χ3v) is 4.16. The number of unbranched alkanes of at least 4 members (excludes halogenated alkanes) is 10. The topological polar surface area (TPSA) is 20.2 Å². The van der Waals surface area contributed by atoms with Crippen molar-refractivity contribution >= 4 is 0 Å². The summed E-state index contributed by atoms with van der Waals surface area (Å²) in [7, 11) is 0. The van der Waals surface area contributed by atoms with Crippen molar-refractivity contribution < 1.29 is 5.11 Å². The molecule has 0 spiro atoms. The minimum absolute atomic E-state index is 0.148. The van der Waals surface area contributed by atoms with E-state index < -0.39 is 0 Å². The first-order valence-corrected chi connectivity index (χ1v) is 9.81. The first-order valence-electron chi connectivity index (χ1n) is 9.81. The number of aliphatic hydroxyl groups excluding tert-OH is 1. The van der Waals surface area contributed by atoms with Crippen molar-refractivity contribution in [3.8, 4) is 0 Å². The van der Waals surface area contributed by atoms with Gasteiger partial charge in [0, 0.05) is 0 Å². The van der Waals surface area contributed by atoms with Crippen LogP contribution in [0.2, 0.25) is 0 Å². The molecule has 0 aliphatic carbocycles. The molecule has 0 rings (SSSR count). The van der Waals surface area contributed by atoms with E-state index in [1.807, 2.05) is 0 Å². The van der Waals surface area contributed by atoms with E-state index in [-0.39, 0.29) is 6.10 Å². The van der Waals surface area contributed by atoms with Crippen LogP contribution in [0.4, 0.5) is 0 Å². The van der Waals surface area contributed by atoms with Crippen molar-refractivity contribution in [1.29, 1.82) is 0 Å². The molecule has 0 fully saturated rings. The van der Waals surface area contributed by atoms with Crippen molar-refractivity contribution in [2.75, 3.05) is 0 Å². The molecule has 0 radical (unpaired) electrons. The average molecular weight is 309 g/mol. The molecule has 0 saturated carbocycles. The van der Waals surface area contributed by atoms with Crippen molar-refractivity contribution in [3.63, 3.8) is 0 Å². The van der Waals surface area contributed by atoms with Crippen LogP contribution in [0.25, 0.3) is 0 Å². The number of rotatable bonds is 16. The van der Waals surface area contributed by atoms with Crippen LogP contribution in [0.15, 0.2) is 24.3 Å². The zero-order chi connectivity index (χ0) is 16.3. The Balaban J connectivity index is 3.33. The van der Waals surface area contributed by atoms with E-state index >= 15 is 0 Å². The monoisotopic (exact) mass is 308 g/mol. The number of aliphatic hydroxyl groups is 1. The van der Waals surface area contributed by atoms with Gasteiger partial charge in [-0.1, -0.05) is 102 Å². The highest BCUT2D eigenvalue weighted by atomic mass is 16.3. The minimum Gasteiger partial charge on any atom is -0.393 e. The second-order valence-corrected chi connectivity index (χ2v) is 6.51. The van der Waals surface area contributed by atoms with Gasteiger partial charge in [-0.2, -0.15) is 0 Å². The molecule has 0 amide bonds. The molecule has 130 valence electrons. The van der Waals surface area contributed by atoms with Crippen LogP contribution in [-0.2, 0) is 0 Å². The van der Waals surface area contributed by atoms with Gasteiger partial charge in [-0.05, 0) is 25.7 Å². The maximum Gasteiger partial charge on any atom is 0.0574 e. The molecule has 1 nitrogen and oxygen atoms in total. The summed E-state index contributed by atoms with van der Waals surface area (Å²) in [6, 6.07) is 0. The van der Waals surface area contributed by atoms with Gasteiger partial charge in [-0.15, -0.1) is 0 Å². The van der Waals surface area contributed by atoms with E-state index in [0.717, 1.165) is 12.8 Å².